The van der Waals surface area contributed by atoms with Gasteiger partial charge in [-0.05, 0) is 37.6 Å². The number of carbonyl (C=O) groups excluding carboxylic acids is 2. The van der Waals surface area contributed by atoms with Gasteiger partial charge >= 0.3 is 0 Å². The molecule has 1 aromatic heterocycles. The first kappa shape index (κ1) is 20.4. The first-order valence-electron chi connectivity index (χ1n) is 9.49. The number of amides is 2. The van der Waals surface area contributed by atoms with Crippen molar-refractivity contribution in [2.75, 3.05) is 23.9 Å². The molecule has 1 saturated heterocycles. The van der Waals surface area contributed by atoms with Crippen molar-refractivity contribution in [1.29, 1.82) is 0 Å². The number of nitrogens with zero attached hydrogens (tertiary/aromatic N) is 2. The largest absolute Gasteiger partial charge is 0.494 e. The summed E-state index contributed by atoms with van der Waals surface area (Å²) in [5.41, 5.74) is 2.88. The first-order chi connectivity index (χ1) is 14.5. The second kappa shape index (κ2) is 8.45. The SMILES string of the molecule is COc1cc(NC(=O)c2sc(-c3ccc(Cl)cc3)nc2C)ccc1N1CCCC1=O. The lowest BCUT2D eigenvalue weighted by Gasteiger charge is -2.19. The van der Waals surface area contributed by atoms with Crippen LogP contribution in [0.2, 0.25) is 5.02 Å². The smallest absolute Gasteiger partial charge is 0.267 e. The van der Waals surface area contributed by atoms with E-state index in [1.807, 2.05) is 19.1 Å². The second-order valence-electron chi connectivity index (χ2n) is 6.93. The van der Waals surface area contributed by atoms with Crippen molar-refractivity contribution in [3.63, 3.8) is 0 Å². The highest BCUT2D eigenvalue weighted by Gasteiger charge is 2.25. The first-order valence-corrected chi connectivity index (χ1v) is 10.7. The Labute approximate surface area is 183 Å². The Morgan fingerprint density at radius 3 is 2.67 bits per heavy atom. The molecule has 0 spiro atoms. The van der Waals surface area contributed by atoms with E-state index in [0.29, 0.717) is 40.0 Å². The number of hydrogen-bond donors (Lipinski definition) is 1. The number of halogens is 1. The van der Waals surface area contributed by atoms with Gasteiger partial charge in [0.25, 0.3) is 5.91 Å². The van der Waals surface area contributed by atoms with Gasteiger partial charge in [0.15, 0.2) is 0 Å². The van der Waals surface area contributed by atoms with E-state index in [1.165, 1.54) is 11.3 Å². The number of nitrogens with one attached hydrogen (secondary N) is 1. The summed E-state index contributed by atoms with van der Waals surface area (Å²) in [5.74, 6) is 0.392. The van der Waals surface area contributed by atoms with Crippen LogP contribution >= 0.6 is 22.9 Å². The highest BCUT2D eigenvalue weighted by atomic mass is 35.5. The summed E-state index contributed by atoms with van der Waals surface area (Å²) in [6, 6.07) is 12.7. The molecule has 2 heterocycles. The van der Waals surface area contributed by atoms with Gasteiger partial charge in [-0.2, -0.15) is 0 Å². The molecule has 0 bridgehead atoms. The van der Waals surface area contributed by atoms with Crippen LogP contribution in [0.4, 0.5) is 11.4 Å². The average Bonchev–Trinajstić information content (AvgIpc) is 3.34. The van der Waals surface area contributed by atoms with Crippen LogP contribution in [0, 0.1) is 6.92 Å². The van der Waals surface area contributed by atoms with E-state index in [1.54, 1.807) is 42.3 Å². The predicted molar refractivity (Wildman–Crippen MR) is 120 cm³/mol. The Hall–Kier alpha value is -2.90. The summed E-state index contributed by atoms with van der Waals surface area (Å²) >= 11 is 7.28. The monoisotopic (exact) mass is 441 g/mol. The number of hydrogen-bond acceptors (Lipinski definition) is 5. The minimum Gasteiger partial charge on any atom is -0.494 e. The highest BCUT2D eigenvalue weighted by Crippen LogP contribution is 2.34. The molecule has 30 heavy (non-hydrogen) atoms. The Morgan fingerprint density at radius 1 is 1.23 bits per heavy atom. The number of anilines is 2. The average molecular weight is 442 g/mol. The van der Waals surface area contributed by atoms with E-state index in [2.05, 4.69) is 10.3 Å². The number of benzene rings is 2. The molecule has 2 amide bonds. The van der Waals surface area contributed by atoms with E-state index >= 15 is 0 Å². The summed E-state index contributed by atoms with van der Waals surface area (Å²) < 4.78 is 5.46. The molecular weight excluding hydrogens is 422 g/mol. The molecule has 2 aromatic carbocycles. The topological polar surface area (TPSA) is 71.5 Å². The molecule has 1 aliphatic heterocycles. The number of ether oxygens (including phenoxy) is 1. The molecular formula is C22H20ClN3O3S. The number of aryl methyl sites for hydroxylation is 1. The maximum absolute atomic E-state index is 12.9. The second-order valence-corrected chi connectivity index (χ2v) is 8.37. The van der Waals surface area contributed by atoms with Gasteiger partial charge in [0.2, 0.25) is 5.91 Å². The third-order valence-electron chi connectivity index (χ3n) is 4.90. The third kappa shape index (κ3) is 4.04. The number of carbonyl (C=O) groups is 2. The van der Waals surface area contributed by atoms with E-state index in [0.717, 1.165) is 22.7 Å². The van der Waals surface area contributed by atoms with Crippen LogP contribution in [0.3, 0.4) is 0 Å². The lowest BCUT2D eigenvalue weighted by molar-refractivity contribution is -0.117. The van der Waals surface area contributed by atoms with Crippen molar-refractivity contribution >= 4 is 46.1 Å². The number of rotatable bonds is 5. The maximum atomic E-state index is 12.9. The van der Waals surface area contributed by atoms with Crippen molar-refractivity contribution in [1.82, 2.24) is 4.98 Å². The highest BCUT2D eigenvalue weighted by molar-refractivity contribution is 7.17. The minimum atomic E-state index is -0.239. The van der Waals surface area contributed by atoms with Crippen LogP contribution in [0.25, 0.3) is 10.6 Å². The number of aromatic nitrogens is 1. The Balaban J connectivity index is 1.55. The molecule has 6 nitrogen and oxygen atoms in total. The van der Waals surface area contributed by atoms with Crippen LogP contribution in [-0.4, -0.2) is 30.5 Å². The quantitative estimate of drug-likeness (QED) is 0.593. The van der Waals surface area contributed by atoms with Crippen LogP contribution in [-0.2, 0) is 4.79 Å². The maximum Gasteiger partial charge on any atom is 0.267 e. The predicted octanol–water partition coefficient (Wildman–Crippen LogP) is 5.16. The Kier molecular flexibility index (Phi) is 5.74. The van der Waals surface area contributed by atoms with Crippen molar-refractivity contribution in [2.24, 2.45) is 0 Å². The zero-order valence-electron chi connectivity index (χ0n) is 16.6. The molecule has 0 atom stereocenters. The van der Waals surface area contributed by atoms with Gasteiger partial charge in [0, 0.05) is 35.3 Å². The van der Waals surface area contributed by atoms with Crippen LogP contribution in [0.1, 0.15) is 28.2 Å². The minimum absolute atomic E-state index is 0.0834. The lowest BCUT2D eigenvalue weighted by atomic mass is 10.2. The zero-order valence-corrected chi connectivity index (χ0v) is 18.1. The van der Waals surface area contributed by atoms with E-state index in [-0.39, 0.29) is 11.8 Å². The molecule has 154 valence electrons. The van der Waals surface area contributed by atoms with E-state index in [4.69, 9.17) is 16.3 Å². The fourth-order valence-electron chi connectivity index (χ4n) is 3.39. The molecule has 3 aromatic rings. The molecule has 0 unspecified atom stereocenters. The molecule has 4 rings (SSSR count). The molecule has 0 radical (unpaired) electrons. The molecule has 1 N–H and O–H groups in total. The van der Waals surface area contributed by atoms with Gasteiger partial charge in [-0.25, -0.2) is 4.98 Å². The normalized spacial score (nSPS) is 13.6. The lowest BCUT2D eigenvalue weighted by Crippen LogP contribution is -2.24. The van der Waals surface area contributed by atoms with Crippen LogP contribution in [0.5, 0.6) is 5.75 Å². The summed E-state index contributed by atoms with van der Waals surface area (Å²) in [6.07, 6.45) is 1.38. The molecule has 8 heteroatoms. The Morgan fingerprint density at radius 2 is 2.00 bits per heavy atom. The fraction of sp³-hybridized carbons (Fsp3) is 0.227. The van der Waals surface area contributed by atoms with Crippen molar-refractivity contribution < 1.29 is 14.3 Å². The van der Waals surface area contributed by atoms with Crippen LogP contribution in [0.15, 0.2) is 42.5 Å². The molecule has 0 saturated carbocycles. The molecule has 1 fully saturated rings. The van der Waals surface area contributed by atoms with Gasteiger partial charge in [0.1, 0.15) is 15.6 Å². The summed E-state index contributed by atoms with van der Waals surface area (Å²) in [6.45, 7) is 2.49. The van der Waals surface area contributed by atoms with E-state index in [9.17, 15) is 9.59 Å². The van der Waals surface area contributed by atoms with Gasteiger partial charge in [-0.3, -0.25) is 9.59 Å². The zero-order chi connectivity index (χ0) is 21.3. The standard InChI is InChI=1S/C22H20ClN3O3S/c1-13-20(30-22(24-13)14-5-7-15(23)8-6-14)21(28)25-16-9-10-17(18(12-16)29-2)26-11-3-4-19(26)27/h5-10,12H,3-4,11H2,1-2H3,(H,25,28). The summed E-state index contributed by atoms with van der Waals surface area (Å²) in [5, 5.41) is 4.31. The summed E-state index contributed by atoms with van der Waals surface area (Å²) in [7, 11) is 1.55. The van der Waals surface area contributed by atoms with Crippen LogP contribution < -0.4 is 15.0 Å². The molecule has 0 aliphatic carbocycles. The number of methoxy groups -OCH3 is 1. The van der Waals surface area contributed by atoms with Crippen molar-refractivity contribution in [3.05, 3.63) is 58.1 Å². The fourth-order valence-corrected chi connectivity index (χ4v) is 4.49. The third-order valence-corrected chi connectivity index (χ3v) is 6.35. The van der Waals surface area contributed by atoms with Gasteiger partial charge < -0.3 is 15.0 Å². The number of thiazole rings is 1. The van der Waals surface area contributed by atoms with Gasteiger partial charge in [0.05, 0.1) is 18.5 Å². The van der Waals surface area contributed by atoms with E-state index < -0.39 is 0 Å². The van der Waals surface area contributed by atoms with Gasteiger partial charge in [-0.1, -0.05) is 23.7 Å². The van der Waals surface area contributed by atoms with Crippen molar-refractivity contribution in [2.45, 2.75) is 19.8 Å². The van der Waals surface area contributed by atoms with Gasteiger partial charge in [-0.15, -0.1) is 11.3 Å². The molecule has 1 aliphatic rings. The Bertz CT molecular complexity index is 1110. The summed E-state index contributed by atoms with van der Waals surface area (Å²) in [4.78, 5) is 31.7. The van der Waals surface area contributed by atoms with Crippen molar-refractivity contribution in [3.8, 4) is 16.3 Å².